The lowest BCUT2D eigenvalue weighted by atomic mass is 10.2. The predicted molar refractivity (Wildman–Crippen MR) is 71.4 cm³/mol. The first kappa shape index (κ1) is 16.2. The normalized spacial score (nSPS) is 10.1. The minimum absolute atomic E-state index is 0.0906. The van der Waals surface area contributed by atoms with Gasteiger partial charge in [0.2, 0.25) is 0 Å². The Kier molecular flexibility index (Phi) is 5.48. The van der Waals surface area contributed by atoms with Crippen molar-refractivity contribution in [1.82, 2.24) is 0 Å². The van der Waals surface area contributed by atoms with Gasteiger partial charge in [-0.25, -0.2) is 0 Å². The van der Waals surface area contributed by atoms with E-state index in [9.17, 15) is 30.3 Å². The fourth-order valence-corrected chi connectivity index (χ4v) is 1.56. The summed E-state index contributed by atoms with van der Waals surface area (Å²) in [6, 6.07) is 1.35. The van der Waals surface area contributed by atoms with E-state index in [1.807, 2.05) is 0 Å². The van der Waals surface area contributed by atoms with Gasteiger partial charge in [-0.15, -0.1) is 0 Å². The first-order chi connectivity index (χ1) is 9.88. The predicted octanol–water partition coefficient (Wildman–Crippen LogP) is 1.86. The molecule has 0 spiro atoms. The first-order valence-electron chi connectivity index (χ1n) is 5.81. The van der Waals surface area contributed by atoms with Crippen LogP contribution in [0.4, 0.5) is 22.7 Å². The van der Waals surface area contributed by atoms with Gasteiger partial charge in [-0.05, 0) is 6.92 Å². The molecule has 0 unspecified atom stereocenters. The first-order valence-corrected chi connectivity index (χ1v) is 5.81. The van der Waals surface area contributed by atoms with Crippen LogP contribution in [0.5, 0.6) is 0 Å². The third-order valence-corrected chi connectivity index (χ3v) is 2.44. The summed E-state index contributed by atoms with van der Waals surface area (Å²) >= 11 is 0. The molecule has 114 valence electrons. The maximum absolute atomic E-state index is 10.9. The molecule has 1 aromatic carbocycles. The molecule has 21 heavy (non-hydrogen) atoms. The summed E-state index contributed by atoms with van der Waals surface area (Å²) in [5, 5.41) is 35.1. The topological polar surface area (TPSA) is 151 Å². The van der Waals surface area contributed by atoms with Gasteiger partial charge in [-0.3, -0.25) is 30.3 Å². The van der Waals surface area contributed by atoms with Crippen LogP contribution in [-0.4, -0.2) is 34.5 Å². The lowest BCUT2D eigenvalue weighted by Crippen LogP contribution is -2.12. The highest BCUT2D eigenvalue weighted by Crippen LogP contribution is 2.38. The maximum atomic E-state index is 10.9. The number of benzene rings is 1. The van der Waals surface area contributed by atoms with E-state index in [4.69, 9.17) is 4.74 Å². The molecule has 11 nitrogen and oxygen atoms in total. The summed E-state index contributed by atoms with van der Waals surface area (Å²) in [7, 11) is 0. The molecule has 0 fully saturated rings. The SMILES string of the molecule is CCOCCNc1c([N+](=O)[O-])cc([N+](=O)[O-])cc1[N+](=O)[O-]. The molecule has 0 saturated carbocycles. The highest BCUT2D eigenvalue weighted by Gasteiger charge is 2.30. The minimum Gasteiger partial charge on any atom is -0.380 e. The number of hydrogen-bond donors (Lipinski definition) is 1. The molecule has 0 amide bonds. The largest absolute Gasteiger partial charge is 0.380 e. The van der Waals surface area contributed by atoms with Crippen LogP contribution in [0.1, 0.15) is 6.92 Å². The monoisotopic (exact) mass is 300 g/mol. The Hall–Kier alpha value is -2.82. The smallest absolute Gasteiger partial charge is 0.306 e. The van der Waals surface area contributed by atoms with Crippen molar-refractivity contribution in [3.8, 4) is 0 Å². The Balaban J connectivity index is 3.26. The van der Waals surface area contributed by atoms with Crippen molar-refractivity contribution in [2.45, 2.75) is 6.92 Å². The summed E-state index contributed by atoms with van der Waals surface area (Å²) < 4.78 is 5.01. The second kappa shape index (κ2) is 7.09. The van der Waals surface area contributed by atoms with Gasteiger partial charge in [0.05, 0.1) is 33.5 Å². The van der Waals surface area contributed by atoms with Crippen LogP contribution in [0, 0.1) is 30.3 Å². The highest BCUT2D eigenvalue weighted by molar-refractivity contribution is 5.77. The zero-order valence-electron chi connectivity index (χ0n) is 11.0. The average molecular weight is 300 g/mol. The van der Waals surface area contributed by atoms with E-state index in [0.29, 0.717) is 18.7 Å². The third kappa shape index (κ3) is 4.07. The van der Waals surface area contributed by atoms with Gasteiger partial charge in [0.1, 0.15) is 0 Å². The van der Waals surface area contributed by atoms with Crippen LogP contribution >= 0.6 is 0 Å². The minimum atomic E-state index is -0.927. The molecule has 1 rings (SSSR count). The Labute approximate surface area is 118 Å². The number of rotatable bonds is 8. The van der Waals surface area contributed by atoms with Gasteiger partial charge < -0.3 is 10.1 Å². The van der Waals surface area contributed by atoms with Crippen molar-refractivity contribution < 1.29 is 19.5 Å². The molecule has 1 aromatic rings. The number of ether oxygens (including phenoxy) is 1. The summed E-state index contributed by atoms with van der Waals surface area (Å²) in [6.07, 6.45) is 0. The van der Waals surface area contributed by atoms with Crippen LogP contribution in [0.2, 0.25) is 0 Å². The summed E-state index contributed by atoms with van der Waals surface area (Å²) in [5.41, 5.74) is -2.56. The Morgan fingerprint density at radius 1 is 1.05 bits per heavy atom. The van der Waals surface area contributed by atoms with Gasteiger partial charge in [0.25, 0.3) is 5.69 Å². The number of nitro benzene ring substituents is 3. The Morgan fingerprint density at radius 2 is 1.57 bits per heavy atom. The van der Waals surface area contributed by atoms with Crippen molar-refractivity contribution in [2.75, 3.05) is 25.1 Å². The number of nitrogens with one attached hydrogen (secondary N) is 1. The molecule has 0 aliphatic heterocycles. The van der Waals surface area contributed by atoms with Crippen molar-refractivity contribution in [3.63, 3.8) is 0 Å². The summed E-state index contributed by atoms with van der Waals surface area (Å²) in [4.78, 5) is 29.8. The van der Waals surface area contributed by atoms with Crippen LogP contribution in [0.15, 0.2) is 12.1 Å². The fraction of sp³-hybridized carbons (Fsp3) is 0.400. The molecule has 0 saturated heterocycles. The molecule has 0 radical (unpaired) electrons. The number of hydrogen-bond acceptors (Lipinski definition) is 8. The van der Waals surface area contributed by atoms with Gasteiger partial charge in [-0.2, -0.15) is 0 Å². The second-order valence-corrected chi connectivity index (χ2v) is 3.75. The quantitative estimate of drug-likeness (QED) is 0.434. The number of nitro groups is 3. The zero-order chi connectivity index (χ0) is 16.0. The van der Waals surface area contributed by atoms with Crippen molar-refractivity contribution in [2.24, 2.45) is 0 Å². The number of nitrogens with zero attached hydrogens (tertiary/aromatic N) is 3. The lowest BCUT2D eigenvalue weighted by Gasteiger charge is -2.07. The molecular weight excluding hydrogens is 288 g/mol. The number of anilines is 1. The molecule has 0 bridgehead atoms. The van der Waals surface area contributed by atoms with E-state index in [1.54, 1.807) is 6.92 Å². The molecular formula is C10H12N4O7. The van der Waals surface area contributed by atoms with E-state index in [-0.39, 0.29) is 18.8 Å². The third-order valence-electron chi connectivity index (χ3n) is 2.44. The van der Waals surface area contributed by atoms with Gasteiger partial charge in [0, 0.05) is 13.2 Å². The maximum Gasteiger partial charge on any atom is 0.306 e. The van der Waals surface area contributed by atoms with E-state index in [1.165, 1.54) is 0 Å². The lowest BCUT2D eigenvalue weighted by molar-refractivity contribution is -0.401. The molecule has 0 aliphatic rings. The molecule has 1 N–H and O–H groups in total. The standard InChI is InChI=1S/C10H12N4O7/c1-2-21-4-3-11-10-8(13(17)18)5-7(12(15)16)6-9(10)14(19)20/h5-6,11H,2-4H2,1H3. The van der Waals surface area contributed by atoms with E-state index in [2.05, 4.69) is 5.32 Å². The van der Waals surface area contributed by atoms with Crippen molar-refractivity contribution in [3.05, 3.63) is 42.5 Å². The van der Waals surface area contributed by atoms with Crippen molar-refractivity contribution in [1.29, 1.82) is 0 Å². The molecule has 0 aromatic heterocycles. The molecule has 0 atom stereocenters. The summed E-state index contributed by atoms with van der Waals surface area (Å²) in [5.74, 6) is 0. The summed E-state index contributed by atoms with van der Waals surface area (Å²) in [6.45, 7) is 2.44. The Bertz CT molecular complexity index is 540. The Morgan fingerprint density at radius 3 is 1.95 bits per heavy atom. The van der Waals surface area contributed by atoms with Crippen LogP contribution in [0.3, 0.4) is 0 Å². The van der Waals surface area contributed by atoms with Crippen LogP contribution in [-0.2, 0) is 4.74 Å². The van der Waals surface area contributed by atoms with Crippen LogP contribution < -0.4 is 5.32 Å². The second-order valence-electron chi connectivity index (χ2n) is 3.75. The zero-order valence-corrected chi connectivity index (χ0v) is 11.0. The van der Waals surface area contributed by atoms with E-state index >= 15 is 0 Å². The van der Waals surface area contributed by atoms with Gasteiger partial charge in [-0.1, -0.05) is 0 Å². The number of non-ortho nitro benzene ring substituents is 1. The average Bonchev–Trinajstić information content (AvgIpc) is 2.42. The molecule has 11 heteroatoms. The van der Waals surface area contributed by atoms with Crippen LogP contribution in [0.25, 0.3) is 0 Å². The van der Waals surface area contributed by atoms with Gasteiger partial charge >= 0.3 is 11.4 Å². The molecule has 0 heterocycles. The highest BCUT2D eigenvalue weighted by atomic mass is 16.6. The van der Waals surface area contributed by atoms with E-state index in [0.717, 1.165) is 0 Å². The van der Waals surface area contributed by atoms with E-state index < -0.39 is 31.8 Å². The van der Waals surface area contributed by atoms with Crippen molar-refractivity contribution >= 4 is 22.7 Å². The molecule has 0 aliphatic carbocycles. The van der Waals surface area contributed by atoms with Gasteiger partial charge in [0.15, 0.2) is 5.69 Å². The fourth-order valence-electron chi connectivity index (χ4n) is 1.56.